The van der Waals surface area contributed by atoms with Crippen LogP contribution in [-0.2, 0) is 20.4 Å². The Bertz CT molecular complexity index is 1070. The SMILES string of the molecule is Nc1ncnc2c1ncn2C1CCC(COP2OCc3ccccc3O2)(C(F)F)O1. The van der Waals surface area contributed by atoms with Gasteiger partial charge >= 0.3 is 8.60 Å². The van der Waals surface area contributed by atoms with Crippen molar-refractivity contribution in [3.63, 3.8) is 0 Å². The summed E-state index contributed by atoms with van der Waals surface area (Å²) >= 11 is 0. The van der Waals surface area contributed by atoms with Crippen LogP contribution in [0, 0.1) is 0 Å². The zero-order chi connectivity index (χ0) is 20.7. The lowest BCUT2D eigenvalue weighted by atomic mass is 10.0. The summed E-state index contributed by atoms with van der Waals surface area (Å²) in [6.45, 7) is -0.0615. The molecule has 0 bridgehead atoms. The summed E-state index contributed by atoms with van der Waals surface area (Å²) in [4.78, 5) is 12.2. The molecule has 1 saturated heterocycles. The van der Waals surface area contributed by atoms with Gasteiger partial charge in [-0.25, -0.2) is 23.7 Å². The van der Waals surface area contributed by atoms with E-state index in [1.807, 2.05) is 18.2 Å². The largest absolute Gasteiger partial charge is 0.426 e. The highest BCUT2D eigenvalue weighted by Crippen LogP contribution is 2.50. The van der Waals surface area contributed by atoms with Crippen molar-refractivity contribution in [1.82, 2.24) is 19.5 Å². The van der Waals surface area contributed by atoms with Crippen molar-refractivity contribution in [2.24, 2.45) is 0 Å². The topological polar surface area (TPSA) is 107 Å². The molecule has 4 heterocycles. The molecule has 0 saturated carbocycles. The van der Waals surface area contributed by atoms with Crippen LogP contribution in [0.5, 0.6) is 5.75 Å². The Hall–Kier alpha value is -2.46. The first-order valence-corrected chi connectivity index (χ1v) is 10.4. The monoisotopic (exact) mass is 437 g/mol. The summed E-state index contributed by atoms with van der Waals surface area (Å²) < 4.78 is 52.3. The number of anilines is 1. The van der Waals surface area contributed by atoms with Crippen LogP contribution in [0.4, 0.5) is 14.6 Å². The first kappa shape index (κ1) is 19.5. The molecule has 3 unspecified atom stereocenters. The minimum Gasteiger partial charge on any atom is -0.426 e. The summed E-state index contributed by atoms with van der Waals surface area (Å²) in [5.74, 6) is 0.850. The zero-order valence-electron chi connectivity index (χ0n) is 15.6. The molecule has 0 amide bonds. The van der Waals surface area contributed by atoms with Crippen LogP contribution in [0.1, 0.15) is 24.6 Å². The Morgan fingerprint density at radius 2 is 2.17 bits per heavy atom. The fraction of sp³-hybridized carbons (Fsp3) is 0.389. The molecule has 12 heteroatoms. The molecule has 2 aromatic heterocycles. The molecule has 1 fully saturated rings. The number of halogens is 2. The van der Waals surface area contributed by atoms with Crippen molar-refractivity contribution >= 4 is 25.6 Å². The first-order valence-electron chi connectivity index (χ1n) is 9.26. The third-order valence-corrected chi connectivity index (χ3v) is 6.19. The van der Waals surface area contributed by atoms with Crippen molar-refractivity contribution in [2.75, 3.05) is 12.3 Å². The van der Waals surface area contributed by atoms with Crippen molar-refractivity contribution in [3.8, 4) is 5.75 Å². The van der Waals surface area contributed by atoms with Gasteiger partial charge in [-0.1, -0.05) is 18.2 Å². The number of hydrogen-bond acceptors (Lipinski definition) is 8. The molecule has 2 aliphatic rings. The zero-order valence-corrected chi connectivity index (χ0v) is 16.5. The number of ether oxygens (including phenoxy) is 1. The Labute approximate surface area is 171 Å². The second-order valence-corrected chi connectivity index (χ2v) is 8.18. The van der Waals surface area contributed by atoms with Crippen molar-refractivity contribution in [2.45, 2.75) is 37.7 Å². The predicted octanol–water partition coefficient (Wildman–Crippen LogP) is 3.57. The molecule has 2 N–H and O–H groups in total. The molecular formula is C18H18F2N5O4P. The number of nitrogens with zero attached hydrogens (tertiary/aromatic N) is 4. The molecule has 2 aliphatic heterocycles. The summed E-state index contributed by atoms with van der Waals surface area (Å²) in [5.41, 5.74) is 5.73. The molecule has 0 radical (unpaired) electrons. The maximum Gasteiger partial charge on any atom is 0.397 e. The summed E-state index contributed by atoms with van der Waals surface area (Å²) in [6, 6.07) is 7.36. The smallest absolute Gasteiger partial charge is 0.397 e. The number of fused-ring (bicyclic) bond motifs is 2. The number of nitrogens with two attached hydrogens (primary N) is 1. The Kier molecular flexibility index (Phi) is 4.98. The number of nitrogen functional groups attached to an aromatic ring is 1. The van der Waals surface area contributed by atoms with Gasteiger partial charge in [0.25, 0.3) is 6.43 Å². The first-order chi connectivity index (χ1) is 14.6. The second kappa shape index (κ2) is 7.66. The van der Waals surface area contributed by atoms with E-state index >= 15 is 0 Å². The molecule has 3 atom stereocenters. The van der Waals surface area contributed by atoms with Gasteiger partial charge < -0.3 is 15.0 Å². The van der Waals surface area contributed by atoms with Crippen LogP contribution in [0.2, 0.25) is 0 Å². The second-order valence-electron chi connectivity index (χ2n) is 7.03. The molecular weight excluding hydrogens is 419 g/mol. The van der Waals surface area contributed by atoms with E-state index in [0.717, 1.165) is 5.56 Å². The van der Waals surface area contributed by atoms with Gasteiger partial charge in [0.2, 0.25) is 0 Å². The normalized spacial score (nSPS) is 26.1. The maximum atomic E-state index is 14.0. The van der Waals surface area contributed by atoms with E-state index in [1.54, 1.807) is 10.6 Å². The lowest BCUT2D eigenvalue weighted by Crippen LogP contribution is -2.41. The van der Waals surface area contributed by atoms with E-state index in [1.165, 1.54) is 12.7 Å². The minimum atomic E-state index is -2.76. The quantitative estimate of drug-likeness (QED) is 0.604. The number of imidazole rings is 1. The van der Waals surface area contributed by atoms with E-state index in [9.17, 15) is 8.78 Å². The summed E-state index contributed by atoms with van der Waals surface area (Å²) in [5, 5.41) is 0. The van der Waals surface area contributed by atoms with E-state index in [0.29, 0.717) is 29.9 Å². The highest BCUT2D eigenvalue weighted by Gasteiger charge is 2.50. The van der Waals surface area contributed by atoms with E-state index in [4.69, 9.17) is 24.0 Å². The maximum absolute atomic E-state index is 14.0. The van der Waals surface area contributed by atoms with Crippen LogP contribution in [0.3, 0.4) is 0 Å². The molecule has 0 aliphatic carbocycles. The van der Waals surface area contributed by atoms with Crippen LogP contribution in [0.15, 0.2) is 36.9 Å². The Morgan fingerprint density at radius 3 is 3.03 bits per heavy atom. The van der Waals surface area contributed by atoms with Gasteiger partial charge in [0, 0.05) is 5.56 Å². The Morgan fingerprint density at radius 1 is 1.30 bits per heavy atom. The average molecular weight is 437 g/mol. The summed E-state index contributed by atoms with van der Waals surface area (Å²) in [7, 11) is -1.79. The van der Waals surface area contributed by atoms with E-state index in [-0.39, 0.29) is 18.8 Å². The number of aromatic nitrogens is 4. The molecule has 1 aromatic carbocycles. The lowest BCUT2D eigenvalue weighted by molar-refractivity contribution is -0.165. The predicted molar refractivity (Wildman–Crippen MR) is 103 cm³/mol. The molecule has 5 rings (SSSR count). The highest BCUT2D eigenvalue weighted by molar-refractivity contribution is 7.42. The van der Waals surface area contributed by atoms with Gasteiger partial charge in [-0.05, 0) is 18.9 Å². The lowest BCUT2D eigenvalue weighted by Gasteiger charge is -2.31. The van der Waals surface area contributed by atoms with Crippen molar-refractivity contribution in [1.29, 1.82) is 0 Å². The average Bonchev–Trinajstić information content (AvgIpc) is 3.38. The number of benzene rings is 1. The minimum absolute atomic E-state index is 0.0926. The van der Waals surface area contributed by atoms with Gasteiger partial charge in [0.05, 0.1) is 19.5 Å². The van der Waals surface area contributed by atoms with Crippen LogP contribution in [-0.4, -0.2) is 38.2 Å². The van der Waals surface area contributed by atoms with Crippen molar-refractivity contribution in [3.05, 3.63) is 42.5 Å². The molecule has 0 spiro atoms. The van der Waals surface area contributed by atoms with E-state index in [2.05, 4.69) is 15.0 Å². The van der Waals surface area contributed by atoms with Gasteiger partial charge in [-0.3, -0.25) is 13.6 Å². The fourth-order valence-corrected chi connectivity index (χ4v) is 4.62. The van der Waals surface area contributed by atoms with Gasteiger partial charge in [-0.2, -0.15) is 0 Å². The molecule has 30 heavy (non-hydrogen) atoms. The third kappa shape index (κ3) is 3.37. The molecule has 9 nitrogen and oxygen atoms in total. The van der Waals surface area contributed by atoms with Gasteiger partial charge in [0.1, 0.15) is 23.8 Å². The Balaban J connectivity index is 1.30. The number of rotatable bonds is 5. The number of hydrogen-bond donors (Lipinski definition) is 1. The molecule has 3 aromatic rings. The highest BCUT2D eigenvalue weighted by atomic mass is 31.2. The van der Waals surface area contributed by atoms with Crippen LogP contribution in [0.25, 0.3) is 11.2 Å². The fourth-order valence-electron chi connectivity index (χ4n) is 3.53. The van der Waals surface area contributed by atoms with Crippen LogP contribution >= 0.6 is 8.60 Å². The van der Waals surface area contributed by atoms with Crippen LogP contribution < -0.4 is 10.3 Å². The number of alkyl halides is 2. The van der Waals surface area contributed by atoms with Gasteiger partial charge in [-0.15, -0.1) is 0 Å². The molecule has 158 valence electrons. The van der Waals surface area contributed by atoms with Crippen molar-refractivity contribution < 1.29 is 27.1 Å². The third-order valence-electron chi connectivity index (χ3n) is 5.17. The van der Waals surface area contributed by atoms with E-state index < -0.39 is 26.9 Å². The van der Waals surface area contributed by atoms with Gasteiger partial charge in [0.15, 0.2) is 17.1 Å². The summed E-state index contributed by atoms with van der Waals surface area (Å²) in [6.07, 6.45) is -0.238. The standard InChI is InChI=1S/C18H18F2N5O4P/c19-17(20)18(8-27-30-26-7-11-3-1-2-4-12(11)29-30)6-5-13(28-18)25-10-24-14-15(21)22-9-23-16(14)25/h1-4,9-10,13,17H,5-8H2,(H2,21,22,23). The number of para-hydroxylation sites is 1.